The fraction of sp³-hybridized carbons (Fsp3) is 0.182. The van der Waals surface area contributed by atoms with Gasteiger partial charge in [-0.15, -0.1) is 6.42 Å². The molecule has 0 aliphatic heterocycles. The summed E-state index contributed by atoms with van der Waals surface area (Å²) in [6, 6.07) is 2.50. The average Bonchev–Trinajstić information content (AvgIpc) is 2.35. The fourth-order valence-electron chi connectivity index (χ4n) is 1.22. The van der Waals surface area contributed by atoms with Crippen LogP contribution in [0.15, 0.2) is 12.1 Å². The highest BCUT2D eigenvalue weighted by molar-refractivity contribution is 5.83. The zero-order chi connectivity index (χ0) is 12.8. The Morgan fingerprint density at radius 3 is 2.76 bits per heavy atom. The Morgan fingerprint density at radius 2 is 2.29 bits per heavy atom. The molecule has 88 valence electrons. The molecule has 0 amide bonds. The summed E-state index contributed by atoms with van der Waals surface area (Å²) in [4.78, 5) is 21.0. The largest absolute Gasteiger partial charge is 0.496 e. The van der Waals surface area contributed by atoms with Crippen molar-refractivity contribution < 1.29 is 19.2 Å². The van der Waals surface area contributed by atoms with Gasteiger partial charge in [0.15, 0.2) is 6.29 Å². The Balaban J connectivity index is 3.36. The molecule has 0 radical (unpaired) electrons. The van der Waals surface area contributed by atoms with Crippen LogP contribution in [-0.2, 0) is 0 Å². The first-order chi connectivity index (χ1) is 8.13. The second-order valence-corrected chi connectivity index (χ2v) is 2.93. The smallest absolute Gasteiger partial charge is 0.315 e. The van der Waals surface area contributed by atoms with Crippen LogP contribution in [0.3, 0.4) is 0 Å². The summed E-state index contributed by atoms with van der Waals surface area (Å²) >= 11 is 0. The first-order valence-corrected chi connectivity index (χ1v) is 4.52. The van der Waals surface area contributed by atoms with Crippen molar-refractivity contribution >= 4 is 12.0 Å². The van der Waals surface area contributed by atoms with Gasteiger partial charge in [0.1, 0.15) is 12.4 Å². The van der Waals surface area contributed by atoms with Gasteiger partial charge in [0.2, 0.25) is 5.75 Å². The predicted molar refractivity (Wildman–Crippen MR) is 59.4 cm³/mol. The molecule has 0 bridgehead atoms. The van der Waals surface area contributed by atoms with Crippen LogP contribution in [0.2, 0.25) is 0 Å². The molecule has 17 heavy (non-hydrogen) atoms. The molecule has 0 saturated heterocycles. The molecule has 1 aromatic carbocycles. The van der Waals surface area contributed by atoms with Gasteiger partial charge in [-0.3, -0.25) is 14.9 Å². The van der Waals surface area contributed by atoms with E-state index in [1.165, 1.54) is 19.2 Å². The number of benzene rings is 1. The molecule has 6 heteroatoms. The molecule has 1 rings (SSSR count). The van der Waals surface area contributed by atoms with E-state index in [1.54, 1.807) is 0 Å². The molecule has 0 N–H and O–H groups in total. The lowest BCUT2D eigenvalue weighted by atomic mass is 10.1. The van der Waals surface area contributed by atoms with Gasteiger partial charge >= 0.3 is 5.69 Å². The molecule has 0 fully saturated rings. The maximum Gasteiger partial charge on any atom is 0.315 e. The quantitative estimate of drug-likeness (QED) is 0.334. The molecule has 0 heterocycles. The summed E-state index contributed by atoms with van der Waals surface area (Å²) < 4.78 is 9.85. The van der Waals surface area contributed by atoms with Crippen LogP contribution in [0.5, 0.6) is 11.5 Å². The monoisotopic (exact) mass is 235 g/mol. The highest BCUT2D eigenvalue weighted by atomic mass is 16.6. The topological polar surface area (TPSA) is 78.7 Å². The van der Waals surface area contributed by atoms with Gasteiger partial charge in [0.05, 0.1) is 23.7 Å². The number of nitrogens with zero attached hydrogens (tertiary/aromatic N) is 1. The Bertz CT molecular complexity index is 489. The predicted octanol–water partition coefficient (Wildman–Crippen LogP) is 1.43. The lowest BCUT2D eigenvalue weighted by molar-refractivity contribution is -0.385. The summed E-state index contributed by atoms with van der Waals surface area (Å²) in [5.41, 5.74) is -0.340. The lowest BCUT2D eigenvalue weighted by Gasteiger charge is -2.08. The third kappa shape index (κ3) is 2.72. The minimum atomic E-state index is -0.665. The fourth-order valence-corrected chi connectivity index (χ4v) is 1.22. The van der Waals surface area contributed by atoms with Crippen LogP contribution in [0.1, 0.15) is 10.4 Å². The van der Waals surface area contributed by atoms with Crippen molar-refractivity contribution in [3.05, 3.63) is 27.8 Å². The highest BCUT2D eigenvalue weighted by Gasteiger charge is 2.21. The number of terminal acetylenes is 1. The van der Waals surface area contributed by atoms with Crippen molar-refractivity contribution in [3.63, 3.8) is 0 Å². The van der Waals surface area contributed by atoms with Crippen molar-refractivity contribution in [3.8, 4) is 23.8 Å². The number of nitro groups is 1. The molecule has 6 nitrogen and oxygen atoms in total. The van der Waals surface area contributed by atoms with Gasteiger partial charge in [-0.05, 0) is 6.07 Å². The number of carbonyl (C=O) groups excluding carboxylic acids is 1. The van der Waals surface area contributed by atoms with Gasteiger partial charge in [0, 0.05) is 0 Å². The van der Waals surface area contributed by atoms with E-state index < -0.39 is 4.92 Å². The van der Waals surface area contributed by atoms with Crippen LogP contribution >= 0.6 is 0 Å². The molecule has 0 aliphatic rings. The highest BCUT2D eigenvalue weighted by Crippen LogP contribution is 2.34. The van der Waals surface area contributed by atoms with Crippen LogP contribution in [0, 0.1) is 22.5 Å². The Hall–Kier alpha value is -2.55. The Morgan fingerprint density at radius 1 is 1.59 bits per heavy atom. The van der Waals surface area contributed by atoms with Crippen LogP contribution in [-0.4, -0.2) is 24.9 Å². The number of rotatable bonds is 5. The first-order valence-electron chi connectivity index (χ1n) is 4.52. The van der Waals surface area contributed by atoms with Crippen molar-refractivity contribution in [1.29, 1.82) is 0 Å². The van der Waals surface area contributed by atoms with Crippen molar-refractivity contribution in [2.24, 2.45) is 0 Å². The summed E-state index contributed by atoms with van der Waals surface area (Å²) in [7, 11) is 1.34. The van der Waals surface area contributed by atoms with Gasteiger partial charge in [-0.2, -0.15) is 0 Å². The standard InChI is InChI=1S/C11H9NO5/c1-3-4-17-11-8(7-13)5-9(16-2)6-10(11)12(14)15/h1,5-7H,4H2,2H3. The normalized spacial score (nSPS) is 9.18. The zero-order valence-corrected chi connectivity index (χ0v) is 9.00. The third-order valence-electron chi connectivity index (χ3n) is 1.93. The third-order valence-corrected chi connectivity index (χ3v) is 1.93. The summed E-state index contributed by atoms with van der Waals surface area (Å²) in [5, 5.41) is 10.8. The Labute approximate surface area is 97.3 Å². The van der Waals surface area contributed by atoms with E-state index >= 15 is 0 Å². The summed E-state index contributed by atoms with van der Waals surface area (Å²) in [6.45, 7) is -0.159. The number of methoxy groups -OCH3 is 1. The molecule has 1 aromatic rings. The number of hydrogen-bond acceptors (Lipinski definition) is 5. The Kier molecular flexibility index (Phi) is 4.06. The van der Waals surface area contributed by atoms with E-state index in [1.807, 2.05) is 0 Å². The molecule has 0 aliphatic carbocycles. The minimum absolute atomic E-state index is 0.0197. The van der Waals surface area contributed by atoms with E-state index in [2.05, 4.69) is 5.92 Å². The SMILES string of the molecule is C#CCOc1c(C=O)cc(OC)cc1[N+](=O)[O-]. The van der Waals surface area contributed by atoms with Gasteiger partial charge in [-0.25, -0.2) is 0 Å². The second kappa shape index (κ2) is 5.51. The molecule has 0 atom stereocenters. The number of aldehydes is 1. The molecular weight excluding hydrogens is 226 g/mol. The van der Waals surface area contributed by atoms with Gasteiger partial charge in [-0.1, -0.05) is 5.92 Å². The lowest BCUT2D eigenvalue weighted by Crippen LogP contribution is -2.02. The number of nitro benzene ring substituents is 1. The molecule has 0 spiro atoms. The van der Waals surface area contributed by atoms with Gasteiger partial charge < -0.3 is 9.47 Å². The maximum absolute atomic E-state index is 10.8. The van der Waals surface area contributed by atoms with Crippen LogP contribution < -0.4 is 9.47 Å². The number of hydrogen-bond donors (Lipinski definition) is 0. The second-order valence-electron chi connectivity index (χ2n) is 2.93. The summed E-state index contributed by atoms with van der Waals surface area (Å²) in [5.74, 6) is 2.22. The number of carbonyl (C=O) groups is 1. The first kappa shape index (κ1) is 12.5. The maximum atomic E-state index is 10.8. The van der Waals surface area contributed by atoms with Crippen LogP contribution in [0.4, 0.5) is 5.69 Å². The van der Waals surface area contributed by atoms with E-state index in [-0.39, 0.29) is 29.4 Å². The molecule has 0 aromatic heterocycles. The summed E-state index contributed by atoms with van der Waals surface area (Å²) in [6.07, 6.45) is 5.44. The average molecular weight is 235 g/mol. The van der Waals surface area contributed by atoms with Crippen molar-refractivity contribution in [2.75, 3.05) is 13.7 Å². The van der Waals surface area contributed by atoms with E-state index in [4.69, 9.17) is 15.9 Å². The van der Waals surface area contributed by atoms with Gasteiger partial charge in [0.25, 0.3) is 0 Å². The van der Waals surface area contributed by atoms with Crippen molar-refractivity contribution in [2.45, 2.75) is 0 Å². The van der Waals surface area contributed by atoms with E-state index in [0.29, 0.717) is 6.29 Å². The van der Waals surface area contributed by atoms with Crippen LogP contribution in [0.25, 0.3) is 0 Å². The molecule has 0 unspecified atom stereocenters. The van der Waals surface area contributed by atoms with E-state index in [0.717, 1.165) is 0 Å². The zero-order valence-electron chi connectivity index (χ0n) is 9.00. The minimum Gasteiger partial charge on any atom is -0.496 e. The van der Waals surface area contributed by atoms with Crippen molar-refractivity contribution in [1.82, 2.24) is 0 Å². The molecule has 0 saturated carbocycles. The number of ether oxygens (including phenoxy) is 2. The van der Waals surface area contributed by atoms with E-state index in [9.17, 15) is 14.9 Å². The molecular formula is C11H9NO5.